The second-order valence-electron chi connectivity index (χ2n) is 8.60. The van der Waals surface area contributed by atoms with Crippen LogP contribution in [0.15, 0.2) is 45.8 Å². The average Bonchev–Trinajstić information content (AvgIpc) is 3.01. The fourth-order valence-electron chi connectivity index (χ4n) is 4.77. The molecule has 0 saturated carbocycles. The number of anilines is 2. The lowest BCUT2D eigenvalue weighted by Crippen LogP contribution is -2.53. The van der Waals surface area contributed by atoms with Crippen LogP contribution in [0.5, 0.6) is 0 Å². The Morgan fingerprint density at radius 2 is 1.84 bits per heavy atom. The summed E-state index contributed by atoms with van der Waals surface area (Å²) in [4.78, 5) is 16.3. The number of fused-ring (bicyclic) bond motifs is 1. The van der Waals surface area contributed by atoms with Crippen molar-refractivity contribution in [2.45, 2.75) is 51.1 Å². The van der Waals surface area contributed by atoms with Gasteiger partial charge in [0.25, 0.3) is 0 Å². The van der Waals surface area contributed by atoms with Crippen molar-refractivity contribution >= 4 is 43.2 Å². The van der Waals surface area contributed by atoms with Crippen LogP contribution in [0.1, 0.15) is 31.9 Å². The molecule has 2 aromatic rings. The maximum absolute atomic E-state index is 13.6. The Morgan fingerprint density at radius 3 is 2.48 bits per heavy atom. The SMILES string of the molecule is CC(=O)N1c2cc(S(=O)(=O)N3CCN(c4cccc(C)c4)C(C)C3)c(Br)cc2CC1C. The summed E-state index contributed by atoms with van der Waals surface area (Å²) in [5, 5.41) is 0. The van der Waals surface area contributed by atoms with E-state index in [0.29, 0.717) is 29.8 Å². The Labute approximate surface area is 193 Å². The van der Waals surface area contributed by atoms with E-state index in [1.165, 1.54) is 12.5 Å². The molecule has 2 unspecified atom stereocenters. The highest BCUT2D eigenvalue weighted by atomic mass is 79.9. The predicted octanol–water partition coefficient (Wildman–Crippen LogP) is 3.95. The van der Waals surface area contributed by atoms with Gasteiger partial charge in [-0.15, -0.1) is 0 Å². The smallest absolute Gasteiger partial charge is 0.244 e. The molecule has 0 spiro atoms. The van der Waals surface area contributed by atoms with E-state index in [1.54, 1.807) is 15.3 Å². The van der Waals surface area contributed by atoms with Crippen molar-refractivity contribution in [2.24, 2.45) is 0 Å². The first-order valence-corrected chi connectivity index (χ1v) is 12.8. The summed E-state index contributed by atoms with van der Waals surface area (Å²) in [6.07, 6.45) is 0.722. The number of aryl methyl sites for hydroxylation is 1. The molecule has 1 fully saturated rings. The minimum atomic E-state index is -3.71. The van der Waals surface area contributed by atoms with Gasteiger partial charge in [-0.05, 0) is 78.5 Å². The topological polar surface area (TPSA) is 60.9 Å². The van der Waals surface area contributed by atoms with Gasteiger partial charge in [-0.25, -0.2) is 8.42 Å². The van der Waals surface area contributed by atoms with Crippen molar-refractivity contribution in [1.29, 1.82) is 0 Å². The second kappa shape index (κ2) is 8.22. The number of rotatable bonds is 3. The summed E-state index contributed by atoms with van der Waals surface area (Å²) in [6.45, 7) is 9.07. The number of hydrogen-bond donors (Lipinski definition) is 0. The van der Waals surface area contributed by atoms with Crippen LogP contribution < -0.4 is 9.80 Å². The zero-order valence-corrected chi connectivity index (χ0v) is 20.7. The third-order valence-electron chi connectivity index (χ3n) is 6.23. The number of amides is 1. The Bertz CT molecular complexity index is 1130. The molecule has 2 heterocycles. The molecule has 1 saturated heterocycles. The number of nitrogens with zero attached hydrogens (tertiary/aromatic N) is 3. The summed E-state index contributed by atoms with van der Waals surface area (Å²) in [6, 6.07) is 11.9. The first-order valence-electron chi connectivity index (χ1n) is 10.5. The van der Waals surface area contributed by atoms with Gasteiger partial charge in [0.2, 0.25) is 15.9 Å². The molecule has 31 heavy (non-hydrogen) atoms. The predicted molar refractivity (Wildman–Crippen MR) is 127 cm³/mol. The number of carbonyl (C=O) groups excluding carboxylic acids is 1. The Balaban J connectivity index is 1.62. The third-order valence-corrected chi connectivity index (χ3v) is 9.05. The van der Waals surface area contributed by atoms with Crippen LogP contribution >= 0.6 is 15.9 Å². The number of carbonyl (C=O) groups is 1. The maximum Gasteiger partial charge on any atom is 0.244 e. The van der Waals surface area contributed by atoms with Gasteiger partial charge < -0.3 is 9.80 Å². The molecule has 0 N–H and O–H groups in total. The lowest BCUT2D eigenvalue weighted by molar-refractivity contribution is -0.116. The zero-order chi connectivity index (χ0) is 22.5. The van der Waals surface area contributed by atoms with E-state index in [1.807, 2.05) is 19.1 Å². The largest absolute Gasteiger partial charge is 0.366 e. The summed E-state index contributed by atoms with van der Waals surface area (Å²) < 4.78 is 29.3. The van der Waals surface area contributed by atoms with Crippen LogP contribution in [0.4, 0.5) is 11.4 Å². The fourth-order valence-corrected chi connectivity index (χ4v) is 7.35. The van der Waals surface area contributed by atoms with Crippen molar-refractivity contribution in [1.82, 2.24) is 4.31 Å². The van der Waals surface area contributed by atoms with Crippen LogP contribution in [0, 0.1) is 6.92 Å². The number of benzene rings is 2. The lowest BCUT2D eigenvalue weighted by Gasteiger charge is -2.40. The molecular weight excluding hydrogens is 478 g/mol. The standard InChI is InChI=1S/C23H28BrN3O3S/c1-15-6-5-7-20(10-15)26-9-8-25(14-17(26)3)31(29,30)23-13-22-19(12-21(23)24)11-16(2)27(22)18(4)28/h5-7,10,12-13,16-17H,8-9,11,14H2,1-4H3. The van der Waals surface area contributed by atoms with Crippen molar-refractivity contribution in [3.8, 4) is 0 Å². The molecule has 0 bridgehead atoms. The van der Waals surface area contributed by atoms with Crippen LogP contribution in [-0.4, -0.2) is 50.3 Å². The number of halogens is 1. The molecule has 8 heteroatoms. The van der Waals surface area contributed by atoms with E-state index in [4.69, 9.17) is 0 Å². The first-order chi connectivity index (χ1) is 14.6. The molecule has 0 aliphatic carbocycles. The average molecular weight is 506 g/mol. The fraction of sp³-hybridized carbons (Fsp3) is 0.435. The van der Waals surface area contributed by atoms with Crippen molar-refractivity contribution < 1.29 is 13.2 Å². The van der Waals surface area contributed by atoms with Gasteiger partial charge in [0.15, 0.2) is 0 Å². The highest BCUT2D eigenvalue weighted by Crippen LogP contribution is 2.39. The molecule has 2 atom stereocenters. The molecule has 2 aromatic carbocycles. The van der Waals surface area contributed by atoms with E-state index in [0.717, 1.165) is 17.7 Å². The Hall–Kier alpha value is -1.90. The molecule has 166 valence electrons. The molecule has 2 aliphatic heterocycles. The number of piperazine rings is 1. The normalized spacial score (nSPS) is 22.0. The van der Waals surface area contributed by atoms with Crippen molar-refractivity contribution in [3.05, 3.63) is 52.0 Å². The van der Waals surface area contributed by atoms with Gasteiger partial charge in [-0.2, -0.15) is 4.31 Å². The van der Waals surface area contributed by atoms with Gasteiger partial charge in [0.1, 0.15) is 0 Å². The van der Waals surface area contributed by atoms with E-state index in [2.05, 4.69) is 52.9 Å². The van der Waals surface area contributed by atoms with Crippen LogP contribution in [0.25, 0.3) is 0 Å². The summed E-state index contributed by atoms with van der Waals surface area (Å²) >= 11 is 3.48. The van der Waals surface area contributed by atoms with Crippen LogP contribution in [0.2, 0.25) is 0 Å². The van der Waals surface area contributed by atoms with Crippen molar-refractivity contribution in [2.75, 3.05) is 29.4 Å². The van der Waals surface area contributed by atoms with E-state index < -0.39 is 10.0 Å². The van der Waals surface area contributed by atoms with Gasteiger partial charge >= 0.3 is 0 Å². The second-order valence-corrected chi connectivity index (χ2v) is 11.4. The number of hydrogen-bond acceptors (Lipinski definition) is 4. The summed E-state index contributed by atoms with van der Waals surface area (Å²) in [5.74, 6) is -0.0719. The maximum atomic E-state index is 13.6. The zero-order valence-electron chi connectivity index (χ0n) is 18.3. The molecule has 4 rings (SSSR count). The molecule has 2 aliphatic rings. The molecule has 6 nitrogen and oxygen atoms in total. The van der Waals surface area contributed by atoms with E-state index in [-0.39, 0.29) is 22.9 Å². The quantitative estimate of drug-likeness (QED) is 0.633. The minimum absolute atomic E-state index is 0.0234. The van der Waals surface area contributed by atoms with Crippen molar-refractivity contribution in [3.63, 3.8) is 0 Å². The van der Waals surface area contributed by atoms with Crippen LogP contribution in [0.3, 0.4) is 0 Å². The van der Waals surface area contributed by atoms with E-state index in [9.17, 15) is 13.2 Å². The highest BCUT2D eigenvalue weighted by molar-refractivity contribution is 9.10. The Kier molecular flexibility index (Phi) is 5.91. The summed E-state index contributed by atoms with van der Waals surface area (Å²) in [7, 11) is -3.71. The number of sulfonamides is 1. The summed E-state index contributed by atoms with van der Waals surface area (Å²) in [5.41, 5.74) is 4.00. The Morgan fingerprint density at radius 1 is 1.10 bits per heavy atom. The molecule has 0 radical (unpaired) electrons. The third kappa shape index (κ3) is 4.01. The molecule has 0 aromatic heterocycles. The lowest BCUT2D eigenvalue weighted by atomic mass is 10.1. The van der Waals surface area contributed by atoms with Gasteiger partial charge in [0.05, 0.1) is 4.90 Å². The monoisotopic (exact) mass is 505 g/mol. The highest BCUT2D eigenvalue weighted by Gasteiger charge is 2.36. The van der Waals surface area contributed by atoms with Gasteiger partial charge in [-0.1, -0.05) is 12.1 Å². The van der Waals surface area contributed by atoms with E-state index >= 15 is 0 Å². The molecular formula is C23H28BrN3O3S. The minimum Gasteiger partial charge on any atom is -0.366 e. The van der Waals surface area contributed by atoms with Gasteiger partial charge in [-0.3, -0.25) is 4.79 Å². The van der Waals surface area contributed by atoms with Crippen LogP contribution in [-0.2, 0) is 21.2 Å². The van der Waals surface area contributed by atoms with Gasteiger partial charge in [0, 0.05) is 54.5 Å². The molecule has 1 amide bonds. The first kappa shape index (κ1) is 22.3.